The third kappa shape index (κ3) is 11.2. The first kappa shape index (κ1) is 50.0. The van der Waals surface area contributed by atoms with Gasteiger partial charge in [0.25, 0.3) is 0 Å². The molecule has 14 heteroatoms. The Morgan fingerprint density at radius 2 is 1.12 bits per heavy atom. The first-order chi connectivity index (χ1) is 36.6. The summed E-state index contributed by atoms with van der Waals surface area (Å²) in [5.41, 5.74) is 8.64. The minimum absolute atomic E-state index is 0.0422. The molecule has 1 amide bonds. The van der Waals surface area contributed by atoms with E-state index in [-0.39, 0.29) is 23.9 Å². The number of aryl methyl sites for hydroxylation is 2. The largest absolute Gasteiger partial charge is 0.393 e. The lowest BCUT2D eigenvalue weighted by atomic mass is 9.78. The molecule has 0 bridgehead atoms. The average molecular weight is 1050 g/mol. The van der Waals surface area contributed by atoms with Crippen molar-refractivity contribution in [1.29, 1.82) is 0 Å². The number of aromatic nitrogens is 6. The van der Waals surface area contributed by atoms with Crippen LogP contribution < -0.4 is 10.2 Å². The molecule has 13 rings (SSSR count). The summed E-state index contributed by atoms with van der Waals surface area (Å²) in [6.07, 6.45) is 20.5. The van der Waals surface area contributed by atoms with Crippen LogP contribution in [0.2, 0.25) is 0 Å². The summed E-state index contributed by atoms with van der Waals surface area (Å²) in [7, 11) is 3.57. The minimum atomic E-state index is -0.406. The molecule has 0 unspecified atom stereocenters. The number of amides is 1. The molecular weight excluding hydrogens is 979 g/mol. The number of hydrogen-bond acceptors (Lipinski definition) is 9. The molecule has 75 heavy (non-hydrogen) atoms. The number of fused-ring (bicyclic) bond motifs is 2. The topological polar surface area (TPSA) is 114 Å². The van der Waals surface area contributed by atoms with Crippen LogP contribution in [0.15, 0.2) is 97.3 Å². The van der Waals surface area contributed by atoms with E-state index < -0.39 is 5.95 Å². The van der Waals surface area contributed by atoms with Crippen LogP contribution in [0.5, 0.6) is 0 Å². The Kier molecular flexibility index (Phi) is 14.4. The molecular formula is C61H68F2N8O2S2. The normalized spacial score (nSPS) is 23.0. The van der Waals surface area contributed by atoms with Crippen LogP contribution in [0.25, 0.3) is 42.7 Å². The number of carbonyl (C=O) groups excluding carboxylic acids is 1. The number of aliphatic hydroxyl groups excluding tert-OH is 1. The molecule has 0 atom stereocenters. The van der Waals surface area contributed by atoms with Crippen LogP contribution in [-0.2, 0) is 18.9 Å². The second-order valence-electron chi connectivity index (χ2n) is 22.5. The Labute approximate surface area is 446 Å². The zero-order valence-corrected chi connectivity index (χ0v) is 44.8. The Morgan fingerprint density at radius 1 is 0.613 bits per heavy atom. The molecule has 4 aromatic heterocycles. The van der Waals surface area contributed by atoms with Crippen molar-refractivity contribution in [3.8, 4) is 20.9 Å². The van der Waals surface area contributed by atoms with Gasteiger partial charge in [-0.25, -0.2) is 9.97 Å². The number of thiazole rings is 2. The number of anilines is 2. The van der Waals surface area contributed by atoms with Gasteiger partial charge in [0, 0.05) is 68.7 Å². The molecule has 0 saturated heterocycles. The maximum Gasteiger partial charge on any atom is 0.240 e. The lowest BCUT2D eigenvalue weighted by Gasteiger charge is -2.36. The molecule has 0 radical (unpaired) electrons. The fourth-order valence-corrected chi connectivity index (χ4v) is 14.4. The van der Waals surface area contributed by atoms with E-state index in [9.17, 15) is 18.7 Å². The standard InChI is InChI=1S/C34H39FN4O2S.C27H29FN4S/c1-38-30-16-13-25(18-29(30)32(35)37-38)22-7-5-21(6-8-22)20-39(34(41)24-11-14-28(40)15-12-24)27-4-2-3-26(17-27)31-19-36-33(42-31)23-9-10-23;1-32-24-12-11-20(14-23(24)26(28)31-32)18-7-5-17(6-8-18)15-29-22-4-2-3-21(13-22)25-16-30-27(33-25)19-9-10-19/h2-4,13,16-19,21-24,28,40H,5-12,14-15,20H2,1H3;2-4,11-14,16-19,29H,5-10,15H2,1H3. The molecule has 4 aromatic carbocycles. The van der Waals surface area contributed by atoms with E-state index in [1.807, 2.05) is 48.0 Å². The van der Waals surface area contributed by atoms with Gasteiger partial charge in [0.1, 0.15) is 0 Å². The lowest BCUT2D eigenvalue weighted by Crippen LogP contribution is -2.41. The summed E-state index contributed by atoms with van der Waals surface area (Å²) in [5.74, 6) is 2.72. The molecule has 0 aliphatic heterocycles. The monoisotopic (exact) mass is 1050 g/mol. The summed E-state index contributed by atoms with van der Waals surface area (Å²) in [4.78, 5) is 27.9. The van der Waals surface area contributed by atoms with Gasteiger partial charge < -0.3 is 15.3 Å². The molecule has 10 nitrogen and oxygen atoms in total. The Balaban J connectivity index is 0.000000156. The highest BCUT2D eigenvalue weighted by atomic mass is 32.1. The van der Waals surface area contributed by atoms with Crippen LogP contribution >= 0.6 is 22.7 Å². The number of carbonyl (C=O) groups is 1. The van der Waals surface area contributed by atoms with Gasteiger partial charge in [-0.15, -0.1) is 32.9 Å². The van der Waals surface area contributed by atoms with Crippen LogP contribution in [0, 0.1) is 29.6 Å². The van der Waals surface area contributed by atoms with E-state index in [0.717, 1.165) is 85.1 Å². The molecule has 2 N–H and O–H groups in total. The molecule has 5 aliphatic carbocycles. The van der Waals surface area contributed by atoms with Crippen molar-refractivity contribution in [3.63, 3.8) is 0 Å². The van der Waals surface area contributed by atoms with E-state index in [1.165, 1.54) is 75.8 Å². The predicted molar refractivity (Wildman–Crippen MR) is 299 cm³/mol. The summed E-state index contributed by atoms with van der Waals surface area (Å²) >= 11 is 3.62. The SMILES string of the molecule is Cn1nc(F)c2cc(C3CCC(CN(C(=O)C4CCC(O)CC4)c4cccc(-c5cnc(C6CC6)s5)c4)CC3)ccc21.Cn1nc(F)c2cc(C3CCC(CNc4cccc(-c5cnc(C6CC6)s5)c4)CC3)ccc21. The van der Waals surface area contributed by atoms with Crippen molar-refractivity contribution < 1.29 is 18.7 Å². The van der Waals surface area contributed by atoms with Crippen LogP contribution in [0.4, 0.5) is 20.2 Å². The number of halogens is 2. The molecule has 5 fully saturated rings. The third-order valence-corrected chi connectivity index (χ3v) is 19.6. The van der Waals surface area contributed by atoms with Gasteiger partial charge in [-0.1, -0.05) is 36.4 Å². The van der Waals surface area contributed by atoms with Gasteiger partial charge in [0.2, 0.25) is 17.8 Å². The van der Waals surface area contributed by atoms with E-state index in [4.69, 9.17) is 0 Å². The van der Waals surface area contributed by atoms with E-state index >= 15 is 0 Å². The summed E-state index contributed by atoms with van der Waals surface area (Å²) in [5, 5.41) is 25.4. The second-order valence-corrected chi connectivity index (χ2v) is 24.6. The molecule has 8 aromatic rings. The maximum absolute atomic E-state index is 14.4. The van der Waals surface area contributed by atoms with Crippen LogP contribution in [-0.4, -0.2) is 59.7 Å². The van der Waals surface area contributed by atoms with Crippen molar-refractivity contribution in [2.24, 2.45) is 31.8 Å². The predicted octanol–water partition coefficient (Wildman–Crippen LogP) is 14.7. The zero-order valence-electron chi connectivity index (χ0n) is 43.1. The van der Waals surface area contributed by atoms with Crippen molar-refractivity contribution in [2.45, 2.75) is 133 Å². The van der Waals surface area contributed by atoms with Gasteiger partial charge in [-0.2, -0.15) is 8.78 Å². The first-order valence-electron chi connectivity index (χ1n) is 27.7. The molecule has 5 saturated carbocycles. The Bertz CT molecular complexity index is 3290. The number of benzene rings is 4. The highest BCUT2D eigenvalue weighted by Crippen LogP contribution is 2.46. The first-order valence-corrected chi connectivity index (χ1v) is 29.3. The average Bonchev–Trinajstić information content (AvgIpc) is 4.32. The summed E-state index contributed by atoms with van der Waals surface area (Å²) in [6.45, 7) is 1.71. The highest BCUT2D eigenvalue weighted by Gasteiger charge is 2.34. The minimum Gasteiger partial charge on any atom is -0.393 e. The third-order valence-electron chi connectivity index (χ3n) is 17.1. The fourth-order valence-electron chi connectivity index (χ4n) is 12.2. The van der Waals surface area contributed by atoms with Crippen molar-refractivity contribution in [2.75, 3.05) is 23.3 Å². The van der Waals surface area contributed by atoms with Gasteiger partial charge in [0.05, 0.1) is 47.7 Å². The Hall–Kier alpha value is -5.83. The number of nitrogens with one attached hydrogen (secondary N) is 1. The number of hydrogen-bond donors (Lipinski definition) is 2. The second kappa shape index (κ2) is 21.7. The highest BCUT2D eigenvalue weighted by molar-refractivity contribution is 7.15. The molecule has 390 valence electrons. The zero-order chi connectivity index (χ0) is 51.2. The fraction of sp³-hybridized carbons (Fsp3) is 0.459. The molecule has 4 heterocycles. The van der Waals surface area contributed by atoms with Crippen molar-refractivity contribution in [3.05, 3.63) is 130 Å². The smallest absolute Gasteiger partial charge is 0.240 e. The van der Waals surface area contributed by atoms with Gasteiger partial charge >= 0.3 is 0 Å². The summed E-state index contributed by atoms with van der Waals surface area (Å²) in [6, 6.07) is 29.5. The van der Waals surface area contributed by atoms with Crippen molar-refractivity contribution in [1.82, 2.24) is 29.5 Å². The van der Waals surface area contributed by atoms with Crippen LogP contribution in [0.3, 0.4) is 0 Å². The quantitative estimate of drug-likeness (QED) is 0.118. The van der Waals surface area contributed by atoms with Gasteiger partial charge in [0.15, 0.2) is 0 Å². The van der Waals surface area contributed by atoms with E-state index in [2.05, 4.69) is 91.0 Å². The molecule has 5 aliphatic rings. The van der Waals surface area contributed by atoms with E-state index in [0.29, 0.717) is 65.7 Å². The number of nitrogens with zero attached hydrogens (tertiary/aromatic N) is 7. The Morgan fingerprint density at radius 3 is 1.67 bits per heavy atom. The van der Waals surface area contributed by atoms with Crippen LogP contribution in [0.1, 0.15) is 148 Å². The maximum atomic E-state index is 14.4. The van der Waals surface area contributed by atoms with Crippen molar-refractivity contribution >= 4 is 61.8 Å². The van der Waals surface area contributed by atoms with Gasteiger partial charge in [-0.05, 0) is 197 Å². The van der Waals surface area contributed by atoms with Gasteiger partial charge in [-0.3, -0.25) is 14.2 Å². The number of aliphatic hydroxyl groups is 1. The summed E-state index contributed by atoms with van der Waals surface area (Å²) < 4.78 is 31.7. The van der Waals surface area contributed by atoms with E-state index in [1.54, 1.807) is 34.8 Å². The molecule has 0 spiro atoms. The number of rotatable bonds is 13. The lowest BCUT2D eigenvalue weighted by molar-refractivity contribution is -0.124.